The Morgan fingerprint density at radius 2 is 1.53 bits per heavy atom. The summed E-state index contributed by atoms with van der Waals surface area (Å²) in [6.45, 7) is 0.0861. The van der Waals surface area contributed by atoms with Crippen LogP contribution in [-0.4, -0.2) is 13.0 Å². The molecule has 2 aromatic carbocycles. The van der Waals surface area contributed by atoms with Crippen molar-refractivity contribution >= 4 is 22.9 Å². The van der Waals surface area contributed by atoms with Gasteiger partial charge in [-0.15, -0.1) is 11.3 Å². The number of rotatable bonds is 6. The lowest BCUT2D eigenvalue weighted by atomic mass is 10.1. The minimum absolute atomic E-state index is 0.00415. The van der Waals surface area contributed by atoms with Crippen LogP contribution in [0.3, 0.4) is 0 Å². The van der Waals surface area contributed by atoms with Crippen molar-refractivity contribution in [2.24, 2.45) is 0 Å². The maximum atomic E-state index is 13.0. The molecule has 170 valence electrons. The van der Waals surface area contributed by atoms with Gasteiger partial charge in [0.2, 0.25) is 0 Å². The summed E-state index contributed by atoms with van der Waals surface area (Å²) >= 11 is 0.936. The molecular weight excluding hydrogens is 460 g/mol. The monoisotopic (exact) mass is 475 g/mol. The summed E-state index contributed by atoms with van der Waals surface area (Å²) in [6, 6.07) is 9.27. The molecule has 1 N–H and O–H groups in total. The highest BCUT2D eigenvalue weighted by atomic mass is 32.1. The van der Waals surface area contributed by atoms with Crippen molar-refractivity contribution < 1.29 is 40.6 Å². The smallest absolute Gasteiger partial charge is 0.416 e. The van der Waals surface area contributed by atoms with Crippen molar-refractivity contribution in [3.63, 3.8) is 0 Å². The number of amides is 1. The van der Waals surface area contributed by atoms with Crippen LogP contribution in [-0.2, 0) is 19.0 Å². The van der Waals surface area contributed by atoms with Gasteiger partial charge in [0.25, 0.3) is 5.91 Å². The summed E-state index contributed by atoms with van der Waals surface area (Å²) < 4.78 is 88.7. The van der Waals surface area contributed by atoms with Crippen LogP contribution >= 0.6 is 11.3 Å². The number of halogens is 6. The number of thiophene rings is 1. The van der Waals surface area contributed by atoms with Gasteiger partial charge in [-0.2, -0.15) is 26.3 Å². The van der Waals surface area contributed by atoms with Crippen molar-refractivity contribution in [3.05, 3.63) is 75.5 Å². The molecule has 0 unspecified atom stereocenters. The lowest BCUT2D eigenvalue weighted by Crippen LogP contribution is -2.15. The topological polar surface area (TPSA) is 47.6 Å². The molecule has 1 amide bonds. The highest BCUT2D eigenvalue weighted by Gasteiger charge is 2.37. The average Bonchev–Trinajstić information content (AvgIpc) is 3.20. The second-order valence-corrected chi connectivity index (χ2v) is 7.42. The highest BCUT2D eigenvalue weighted by Crippen LogP contribution is 2.38. The Morgan fingerprint density at radius 3 is 2.06 bits per heavy atom. The third-order valence-corrected chi connectivity index (χ3v) is 5.13. The predicted molar refractivity (Wildman–Crippen MR) is 106 cm³/mol. The van der Waals surface area contributed by atoms with Gasteiger partial charge >= 0.3 is 12.4 Å². The van der Waals surface area contributed by atoms with Gasteiger partial charge in [0.05, 0.1) is 18.2 Å². The lowest BCUT2D eigenvalue weighted by Gasteiger charge is -2.15. The average molecular weight is 475 g/mol. The number of ether oxygens (including phenoxy) is 2. The van der Waals surface area contributed by atoms with Crippen LogP contribution in [0, 0.1) is 0 Å². The molecule has 4 nitrogen and oxygen atoms in total. The second-order valence-electron chi connectivity index (χ2n) is 6.50. The predicted octanol–water partition coefficient (Wildman–Crippen LogP) is 6.63. The van der Waals surface area contributed by atoms with Crippen LogP contribution in [0.15, 0.2) is 53.9 Å². The number of carbonyl (C=O) groups excluding carboxylic acids is 1. The number of anilines is 1. The first kappa shape index (κ1) is 23.5. The molecule has 11 heteroatoms. The summed E-state index contributed by atoms with van der Waals surface area (Å²) in [5, 5.41) is 3.62. The van der Waals surface area contributed by atoms with Gasteiger partial charge in [-0.3, -0.25) is 4.79 Å². The van der Waals surface area contributed by atoms with Crippen LogP contribution in [0.25, 0.3) is 0 Å². The fourth-order valence-corrected chi connectivity index (χ4v) is 3.40. The molecule has 3 rings (SSSR count). The van der Waals surface area contributed by atoms with Gasteiger partial charge in [0.15, 0.2) is 0 Å². The molecule has 0 radical (unpaired) electrons. The molecule has 0 saturated carbocycles. The van der Waals surface area contributed by atoms with E-state index in [0.717, 1.165) is 16.9 Å². The van der Waals surface area contributed by atoms with E-state index in [1.807, 2.05) is 0 Å². The molecule has 0 spiro atoms. The minimum atomic E-state index is -5.02. The van der Waals surface area contributed by atoms with Crippen LogP contribution < -0.4 is 14.8 Å². The molecular formula is C21H15F6NO3S. The Morgan fingerprint density at radius 1 is 0.938 bits per heavy atom. The van der Waals surface area contributed by atoms with E-state index < -0.39 is 35.1 Å². The van der Waals surface area contributed by atoms with E-state index in [2.05, 4.69) is 5.32 Å². The van der Waals surface area contributed by atoms with E-state index in [9.17, 15) is 31.1 Å². The number of carbonyl (C=O) groups is 1. The summed E-state index contributed by atoms with van der Waals surface area (Å²) in [5.74, 6) is -0.104. The van der Waals surface area contributed by atoms with Crippen LogP contribution in [0.4, 0.5) is 32.0 Å². The van der Waals surface area contributed by atoms with Gasteiger partial charge in [0, 0.05) is 5.69 Å². The fraction of sp³-hybridized carbons (Fsp3) is 0.190. The maximum Gasteiger partial charge on any atom is 0.416 e. The largest absolute Gasteiger partial charge is 0.497 e. The summed E-state index contributed by atoms with van der Waals surface area (Å²) in [4.78, 5) is 12.6. The molecule has 0 fully saturated rings. The SMILES string of the molecule is COc1ccc(COc2ccsc2C(=O)Nc2cc(C(F)(F)F)cc(C(F)(F)F)c2)cc1. The number of hydrogen-bond acceptors (Lipinski definition) is 4. The first-order valence-electron chi connectivity index (χ1n) is 8.91. The molecule has 0 aliphatic rings. The van der Waals surface area contributed by atoms with Gasteiger partial charge in [-0.25, -0.2) is 0 Å². The fourth-order valence-electron chi connectivity index (χ4n) is 2.67. The van der Waals surface area contributed by atoms with Crippen molar-refractivity contribution in [1.29, 1.82) is 0 Å². The number of hydrogen-bond donors (Lipinski definition) is 1. The van der Waals surface area contributed by atoms with E-state index in [4.69, 9.17) is 9.47 Å². The van der Waals surface area contributed by atoms with Crippen molar-refractivity contribution in [1.82, 2.24) is 0 Å². The second kappa shape index (κ2) is 9.11. The third-order valence-electron chi connectivity index (χ3n) is 4.23. The molecule has 1 aromatic heterocycles. The number of benzene rings is 2. The highest BCUT2D eigenvalue weighted by molar-refractivity contribution is 7.12. The molecule has 32 heavy (non-hydrogen) atoms. The van der Waals surface area contributed by atoms with E-state index in [1.165, 1.54) is 18.6 Å². The zero-order chi connectivity index (χ0) is 23.5. The van der Waals surface area contributed by atoms with Gasteiger partial charge in [-0.05, 0) is 47.3 Å². The Labute approximate surface area is 182 Å². The number of nitrogens with one attached hydrogen (secondary N) is 1. The molecule has 0 aliphatic heterocycles. The molecule has 0 bridgehead atoms. The van der Waals surface area contributed by atoms with E-state index in [1.54, 1.807) is 24.3 Å². The van der Waals surface area contributed by atoms with E-state index >= 15 is 0 Å². The van der Waals surface area contributed by atoms with Crippen molar-refractivity contribution in [2.75, 3.05) is 12.4 Å². The zero-order valence-electron chi connectivity index (χ0n) is 16.3. The number of alkyl halides is 6. The summed E-state index contributed by atoms with van der Waals surface area (Å²) in [6.07, 6.45) is -10.0. The van der Waals surface area contributed by atoms with Crippen LogP contribution in [0.1, 0.15) is 26.4 Å². The molecule has 0 atom stereocenters. The Balaban J connectivity index is 1.78. The number of methoxy groups -OCH3 is 1. The Hall–Kier alpha value is -3.21. The third kappa shape index (κ3) is 5.72. The first-order valence-corrected chi connectivity index (χ1v) is 9.79. The standard InChI is InChI=1S/C21H15F6NO3S/c1-30-16-4-2-12(3-5-16)11-31-17-6-7-32-18(17)19(29)28-15-9-13(20(22,23)24)8-14(10-15)21(25,26)27/h2-10H,11H2,1H3,(H,28,29). The Bertz CT molecular complexity index is 1060. The molecule has 0 aliphatic carbocycles. The minimum Gasteiger partial charge on any atom is -0.497 e. The zero-order valence-corrected chi connectivity index (χ0v) is 17.1. The lowest BCUT2D eigenvalue weighted by molar-refractivity contribution is -0.143. The maximum absolute atomic E-state index is 13.0. The van der Waals surface area contributed by atoms with Crippen LogP contribution in [0.5, 0.6) is 11.5 Å². The van der Waals surface area contributed by atoms with E-state index in [0.29, 0.717) is 17.9 Å². The quantitative estimate of drug-likeness (QED) is 0.408. The summed E-state index contributed by atoms with van der Waals surface area (Å²) in [5.41, 5.74) is -2.92. The summed E-state index contributed by atoms with van der Waals surface area (Å²) in [7, 11) is 1.52. The molecule has 0 saturated heterocycles. The first-order chi connectivity index (χ1) is 15.0. The van der Waals surface area contributed by atoms with Crippen molar-refractivity contribution in [2.45, 2.75) is 19.0 Å². The van der Waals surface area contributed by atoms with Crippen LogP contribution in [0.2, 0.25) is 0 Å². The van der Waals surface area contributed by atoms with Gasteiger partial charge in [-0.1, -0.05) is 12.1 Å². The van der Waals surface area contributed by atoms with Gasteiger partial charge in [0.1, 0.15) is 23.0 Å². The van der Waals surface area contributed by atoms with Gasteiger partial charge < -0.3 is 14.8 Å². The molecule has 1 heterocycles. The van der Waals surface area contributed by atoms with Crippen molar-refractivity contribution in [3.8, 4) is 11.5 Å². The Kier molecular flexibility index (Phi) is 6.68. The molecule has 3 aromatic rings. The van der Waals surface area contributed by atoms with E-state index in [-0.39, 0.29) is 23.3 Å². The normalized spacial score (nSPS) is 11.8.